The third-order valence-corrected chi connectivity index (χ3v) is 5.72. The summed E-state index contributed by atoms with van der Waals surface area (Å²) >= 11 is 0. The molecule has 1 saturated heterocycles. The van der Waals surface area contributed by atoms with E-state index in [0.717, 1.165) is 0 Å². The van der Waals surface area contributed by atoms with Crippen LogP contribution in [0.5, 0.6) is 0 Å². The Balaban J connectivity index is 2.04. The Morgan fingerprint density at radius 1 is 1.19 bits per heavy atom. The molecule has 16 nitrogen and oxygen atoms in total. The Kier molecular flexibility index (Phi) is 10.8. The summed E-state index contributed by atoms with van der Waals surface area (Å²) in [5.41, 5.74) is 17.1. The molecule has 2 rings (SSSR count). The van der Waals surface area contributed by atoms with Crippen molar-refractivity contribution in [1.82, 2.24) is 25.5 Å². The molecule has 4 unspecified atom stereocenters. The lowest BCUT2D eigenvalue weighted by molar-refractivity contribution is -0.144. The van der Waals surface area contributed by atoms with E-state index in [0.29, 0.717) is 12.1 Å². The van der Waals surface area contributed by atoms with Gasteiger partial charge in [-0.25, -0.2) is 9.78 Å². The summed E-state index contributed by atoms with van der Waals surface area (Å²) in [5.74, 6) is -5.10. The lowest BCUT2D eigenvalue weighted by Gasteiger charge is -2.28. The van der Waals surface area contributed by atoms with E-state index in [4.69, 9.17) is 17.2 Å². The molecule has 0 radical (unpaired) electrons. The minimum absolute atomic E-state index is 0.0370. The Labute approximate surface area is 212 Å². The van der Waals surface area contributed by atoms with Crippen molar-refractivity contribution < 1.29 is 34.2 Å². The highest BCUT2D eigenvalue weighted by Gasteiger charge is 2.38. The van der Waals surface area contributed by atoms with Crippen LogP contribution >= 0.6 is 0 Å². The van der Waals surface area contributed by atoms with Gasteiger partial charge in [-0.3, -0.25) is 24.2 Å². The number of amides is 3. The van der Waals surface area contributed by atoms with Gasteiger partial charge in [-0.15, -0.1) is 0 Å². The Morgan fingerprint density at radius 3 is 2.51 bits per heavy atom. The average molecular weight is 524 g/mol. The number of nitrogens with zero attached hydrogens (tertiary/aromatic N) is 3. The Bertz CT molecular complexity index is 995. The van der Waals surface area contributed by atoms with Crippen LogP contribution in [0.2, 0.25) is 0 Å². The summed E-state index contributed by atoms with van der Waals surface area (Å²) in [6.45, 7) is 0.394. The van der Waals surface area contributed by atoms with Gasteiger partial charge in [-0.05, 0) is 25.7 Å². The number of aromatic amines is 1. The maximum absolute atomic E-state index is 13.0. The van der Waals surface area contributed by atoms with Crippen LogP contribution in [0.1, 0.15) is 37.8 Å². The van der Waals surface area contributed by atoms with Crippen molar-refractivity contribution in [1.29, 1.82) is 0 Å². The van der Waals surface area contributed by atoms with Gasteiger partial charge >= 0.3 is 11.9 Å². The van der Waals surface area contributed by atoms with Crippen LogP contribution in [0.25, 0.3) is 0 Å². The van der Waals surface area contributed by atoms with Gasteiger partial charge in [0.2, 0.25) is 17.7 Å². The quantitative estimate of drug-likeness (QED) is 0.0685. The van der Waals surface area contributed by atoms with E-state index in [1.165, 1.54) is 17.4 Å². The molecule has 1 aliphatic heterocycles. The fourth-order valence-corrected chi connectivity index (χ4v) is 3.92. The Morgan fingerprint density at radius 2 is 1.92 bits per heavy atom. The van der Waals surface area contributed by atoms with E-state index in [9.17, 15) is 34.2 Å². The predicted octanol–water partition coefficient (Wildman–Crippen LogP) is -3.15. The van der Waals surface area contributed by atoms with Gasteiger partial charge in [0.05, 0.1) is 18.8 Å². The monoisotopic (exact) mass is 523 g/mol. The molecule has 1 aliphatic rings. The first-order valence-corrected chi connectivity index (χ1v) is 11.6. The van der Waals surface area contributed by atoms with Gasteiger partial charge in [-0.2, -0.15) is 0 Å². The number of carbonyl (C=O) groups is 5. The van der Waals surface area contributed by atoms with E-state index in [1.54, 1.807) is 0 Å². The molecule has 37 heavy (non-hydrogen) atoms. The molecular weight excluding hydrogens is 490 g/mol. The summed E-state index contributed by atoms with van der Waals surface area (Å²) in [6, 6.07) is -4.83. The minimum Gasteiger partial charge on any atom is -0.481 e. The maximum Gasteiger partial charge on any atom is 0.326 e. The molecule has 1 aromatic heterocycles. The number of guanidine groups is 1. The molecule has 3 amide bonds. The van der Waals surface area contributed by atoms with Crippen LogP contribution in [0.4, 0.5) is 0 Å². The number of carbonyl (C=O) groups excluding carboxylic acids is 3. The van der Waals surface area contributed by atoms with E-state index in [1.807, 2.05) is 0 Å². The van der Waals surface area contributed by atoms with Crippen LogP contribution in [-0.2, 0) is 30.4 Å². The van der Waals surface area contributed by atoms with E-state index < -0.39 is 60.2 Å². The van der Waals surface area contributed by atoms with Crippen molar-refractivity contribution in [3.8, 4) is 0 Å². The standard InChI is InChI=1S/C21H33N9O7/c22-12(7-11-9-25-10-27-11)19(35)30-6-2-4-15(30)18(34)29-14(8-16(31)32)17(33)28-13(20(36)37)3-1-5-26-21(23)24/h9-10,12-15H,1-8,22H2,(H,25,27)(H,28,33)(H,29,34)(H,31,32)(H,36,37)(H4,23,24,26). The fraction of sp³-hybridized carbons (Fsp3) is 0.571. The second-order valence-corrected chi connectivity index (χ2v) is 8.58. The van der Waals surface area contributed by atoms with Crippen molar-refractivity contribution >= 4 is 35.6 Å². The number of aliphatic carboxylic acids is 2. The zero-order chi connectivity index (χ0) is 27.5. The number of nitrogens with one attached hydrogen (secondary N) is 3. The van der Waals surface area contributed by atoms with Crippen LogP contribution in [0, 0.1) is 0 Å². The van der Waals surface area contributed by atoms with Gasteiger partial charge < -0.3 is 47.9 Å². The molecule has 0 spiro atoms. The second kappa shape index (κ2) is 13.8. The average Bonchev–Trinajstić information content (AvgIpc) is 3.51. The number of nitrogens with two attached hydrogens (primary N) is 3. The molecule has 0 bridgehead atoms. The zero-order valence-corrected chi connectivity index (χ0v) is 20.1. The molecule has 11 N–H and O–H groups in total. The van der Waals surface area contributed by atoms with Gasteiger partial charge in [0.25, 0.3) is 0 Å². The van der Waals surface area contributed by atoms with E-state index in [-0.39, 0.29) is 44.7 Å². The normalized spacial score (nSPS) is 17.3. The third-order valence-electron chi connectivity index (χ3n) is 5.72. The number of rotatable bonds is 14. The molecule has 4 atom stereocenters. The molecule has 1 fully saturated rings. The highest BCUT2D eigenvalue weighted by Crippen LogP contribution is 2.19. The van der Waals surface area contributed by atoms with Crippen LogP contribution < -0.4 is 27.8 Å². The molecule has 0 aliphatic carbocycles. The number of hydrogen-bond donors (Lipinski definition) is 8. The first-order valence-electron chi connectivity index (χ1n) is 11.6. The number of imidazole rings is 1. The summed E-state index contributed by atoms with van der Waals surface area (Å²) < 4.78 is 0. The van der Waals surface area contributed by atoms with Gasteiger partial charge in [-0.1, -0.05) is 0 Å². The number of likely N-dealkylation sites (tertiary alicyclic amines) is 1. The molecule has 0 saturated carbocycles. The molecule has 1 aromatic rings. The lowest BCUT2D eigenvalue weighted by Crippen LogP contribution is -2.57. The van der Waals surface area contributed by atoms with Crippen molar-refractivity contribution in [3.63, 3.8) is 0 Å². The highest BCUT2D eigenvalue weighted by molar-refractivity contribution is 5.95. The van der Waals surface area contributed by atoms with Gasteiger partial charge in [0, 0.05) is 31.4 Å². The predicted molar refractivity (Wildman–Crippen MR) is 129 cm³/mol. The smallest absolute Gasteiger partial charge is 0.326 e. The SMILES string of the molecule is NC(N)=NCCCC(NC(=O)C(CC(=O)O)NC(=O)C1CCCN1C(=O)C(N)Cc1cnc[nH]1)C(=O)O. The fourth-order valence-electron chi connectivity index (χ4n) is 3.92. The lowest BCUT2D eigenvalue weighted by atomic mass is 10.1. The third kappa shape index (κ3) is 9.06. The first kappa shape index (κ1) is 29.0. The summed E-state index contributed by atoms with van der Waals surface area (Å²) in [5, 5.41) is 23.3. The topological polar surface area (TPSA) is 272 Å². The molecule has 0 aromatic carbocycles. The second-order valence-electron chi connectivity index (χ2n) is 8.58. The summed E-state index contributed by atoms with van der Waals surface area (Å²) in [6.07, 6.45) is 3.34. The van der Waals surface area contributed by atoms with Crippen LogP contribution in [0.15, 0.2) is 17.5 Å². The molecule has 2 heterocycles. The van der Waals surface area contributed by atoms with Gasteiger partial charge in [0.1, 0.15) is 18.1 Å². The van der Waals surface area contributed by atoms with Gasteiger partial charge in [0.15, 0.2) is 5.96 Å². The number of carboxylic acids is 2. The Hall–Kier alpha value is -4.21. The molecule has 16 heteroatoms. The number of aromatic nitrogens is 2. The van der Waals surface area contributed by atoms with Crippen molar-refractivity contribution in [2.75, 3.05) is 13.1 Å². The van der Waals surface area contributed by atoms with Crippen molar-refractivity contribution in [2.24, 2.45) is 22.2 Å². The number of carboxylic acid groups (broad SMARTS) is 2. The van der Waals surface area contributed by atoms with E-state index in [2.05, 4.69) is 25.6 Å². The van der Waals surface area contributed by atoms with Crippen molar-refractivity contribution in [3.05, 3.63) is 18.2 Å². The van der Waals surface area contributed by atoms with E-state index >= 15 is 0 Å². The number of H-pyrrole nitrogens is 1. The van der Waals surface area contributed by atoms with Crippen LogP contribution in [-0.4, -0.2) is 98.0 Å². The molecular formula is C21H33N9O7. The number of aliphatic imine (C=N–C) groups is 1. The number of hydrogen-bond acceptors (Lipinski definition) is 8. The first-order chi connectivity index (χ1) is 17.5. The van der Waals surface area contributed by atoms with Crippen LogP contribution in [0.3, 0.4) is 0 Å². The molecule has 204 valence electrons. The largest absolute Gasteiger partial charge is 0.481 e. The highest BCUT2D eigenvalue weighted by atomic mass is 16.4. The zero-order valence-electron chi connectivity index (χ0n) is 20.1. The summed E-state index contributed by atoms with van der Waals surface area (Å²) in [4.78, 5) is 73.3. The summed E-state index contributed by atoms with van der Waals surface area (Å²) in [7, 11) is 0. The maximum atomic E-state index is 13.0. The minimum atomic E-state index is -1.57. The van der Waals surface area contributed by atoms with Crippen molar-refractivity contribution in [2.45, 2.75) is 62.7 Å².